The van der Waals surface area contributed by atoms with E-state index < -0.39 is 5.97 Å². The maximum absolute atomic E-state index is 13.0. The van der Waals surface area contributed by atoms with Crippen LogP contribution in [0.4, 0.5) is 0 Å². The highest BCUT2D eigenvalue weighted by Crippen LogP contribution is 2.27. The number of carbonyl (C=O) groups is 2. The van der Waals surface area contributed by atoms with Crippen LogP contribution in [0.2, 0.25) is 0 Å². The van der Waals surface area contributed by atoms with Gasteiger partial charge in [-0.25, -0.2) is 9.78 Å². The van der Waals surface area contributed by atoms with Crippen LogP contribution >= 0.6 is 11.3 Å². The van der Waals surface area contributed by atoms with Crippen molar-refractivity contribution >= 4 is 33.4 Å². The Morgan fingerprint density at radius 1 is 1.19 bits per heavy atom. The van der Waals surface area contributed by atoms with Gasteiger partial charge in [-0.3, -0.25) is 14.2 Å². The molecular formula is C24H29N3O4S. The molecule has 2 aromatic heterocycles. The van der Waals surface area contributed by atoms with E-state index in [0.717, 1.165) is 23.3 Å². The summed E-state index contributed by atoms with van der Waals surface area (Å²) in [5.74, 6) is -0.169. The largest absolute Gasteiger partial charge is 0.462 e. The number of rotatable bonds is 8. The molecule has 0 spiro atoms. The lowest BCUT2D eigenvalue weighted by Gasteiger charge is -2.16. The molecule has 1 N–H and O–H groups in total. The van der Waals surface area contributed by atoms with Crippen molar-refractivity contribution in [2.45, 2.75) is 53.6 Å². The number of thiophene rings is 1. The first-order valence-corrected chi connectivity index (χ1v) is 11.6. The zero-order valence-electron chi connectivity index (χ0n) is 19.1. The van der Waals surface area contributed by atoms with Crippen LogP contribution in [0.3, 0.4) is 0 Å². The molecule has 3 rings (SSSR count). The van der Waals surface area contributed by atoms with Crippen molar-refractivity contribution in [2.75, 3.05) is 6.61 Å². The third-order valence-corrected chi connectivity index (χ3v) is 6.37. The smallest absolute Gasteiger partial charge is 0.348 e. The van der Waals surface area contributed by atoms with E-state index in [-0.39, 0.29) is 30.7 Å². The zero-order valence-corrected chi connectivity index (χ0v) is 19.9. The highest BCUT2D eigenvalue weighted by atomic mass is 32.1. The number of fused-ring (bicyclic) bond motifs is 1. The predicted octanol–water partition coefficient (Wildman–Crippen LogP) is 4.02. The van der Waals surface area contributed by atoms with Gasteiger partial charge in [0.2, 0.25) is 5.91 Å². The fourth-order valence-electron chi connectivity index (χ4n) is 3.60. The number of carbonyl (C=O) groups excluding carboxylic acids is 2. The topological polar surface area (TPSA) is 90.3 Å². The third-order valence-electron chi connectivity index (χ3n) is 5.19. The van der Waals surface area contributed by atoms with Gasteiger partial charge in [-0.1, -0.05) is 38.1 Å². The summed E-state index contributed by atoms with van der Waals surface area (Å²) < 4.78 is 6.32. The van der Waals surface area contributed by atoms with Crippen LogP contribution in [-0.2, 0) is 22.5 Å². The number of benzene rings is 1. The molecule has 0 aliphatic rings. The Hall–Kier alpha value is -3.00. The second-order valence-corrected chi connectivity index (χ2v) is 9.26. The lowest BCUT2D eigenvalue weighted by molar-refractivity contribution is -0.122. The molecule has 2 heterocycles. The lowest BCUT2D eigenvalue weighted by Crippen LogP contribution is -2.34. The molecule has 0 aliphatic carbocycles. The molecule has 0 saturated heterocycles. The van der Waals surface area contributed by atoms with Crippen LogP contribution in [-0.4, -0.2) is 28.0 Å². The van der Waals surface area contributed by atoms with Crippen molar-refractivity contribution in [3.8, 4) is 0 Å². The molecule has 1 atom stereocenters. The summed E-state index contributed by atoms with van der Waals surface area (Å²) >= 11 is 1.13. The van der Waals surface area contributed by atoms with Crippen molar-refractivity contribution in [2.24, 2.45) is 5.92 Å². The average Bonchev–Trinajstić information content (AvgIpc) is 3.07. The SMILES string of the molecule is CCOC(=O)c1sc2ncn(CC(=O)NC(C)c3ccc(CC(C)C)cc3)c(=O)c2c1C. The summed E-state index contributed by atoms with van der Waals surface area (Å²) in [7, 11) is 0. The summed E-state index contributed by atoms with van der Waals surface area (Å²) in [4.78, 5) is 42.8. The number of aryl methyl sites for hydroxylation is 1. The quantitative estimate of drug-likeness (QED) is 0.518. The maximum Gasteiger partial charge on any atom is 0.348 e. The van der Waals surface area contributed by atoms with E-state index in [1.165, 1.54) is 16.5 Å². The molecule has 0 bridgehead atoms. The first-order valence-electron chi connectivity index (χ1n) is 10.7. The van der Waals surface area contributed by atoms with Crippen LogP contribution in [0.15, 0.2) is 35.4 Å². The number of hydrogen-bond acceptors (Lipinski definition) is 6. The Balaban J connectivity index is 1.73. The molecular weight excluding hydrogens is 426 g/mol. The van der Waals surface area contributed by atoms with Crippen LogP contribution < -0.4 is 10.9 Å². The molecule has 0 aliphatic heterocycles. The van der Waals surface area contributed by atoms with Crippen LogP contribution in [0.5, 0.6) is 0 Å². The molecule has 1 unspecified atom stereocenters. The van der Waals surface area contributed by atoms with Crippen molar-refractivity contribution in [1.29, 1.82) is 0 Å². The number of amides is 1. The van der Waals surface area contributed by atoms with Gasteiger partial charge in [0.25, 0.3) is 5.56 Å². The highest BCUT2D eigenvalue weighted by molar-refractivity contribution is 7.20. The standard InChI is InChI=1S/C24H29N3O4S/c1-6-31-24(30)21-15(4)20-22(32-21)25-13-27(23(20)29)12-19(28)26-16(5)18-9-7-17(8-10-18)11-14(2)3/h7-10,13-14,16H,6,11-12H2,1-5H3,(H,26,28). The molecule has 0 radical (unpaired) electrons. The monoisotopic (exact) mass is 455 g/mol. The van der Waals surface area contributed by atoms with Crippen molar-refractivity contribution in [1.82, 2.24) is 14.9 Å². The number of ether oxygens (including phenoxy) is 1. The van der Waals surface area contributed by atoms with Gasteiger partial charge in [-0.05, 0) is 49.8 Å². The summed E-state index contributed by atoms with van der Waals surface area (Å²) in [6, 6.07) is 8.02. The number of hydrogen-bond donors (Lipinski definition) is 1. The van der Waals surface area contributed by atoms with Crippen LogP contribution in [0, 0.1) is 12.8 Å². The van der Waals surface area contributed by atoms with Crippen LogP contribution in [0.1, 0.15) is 60.1 Å². The number of esters is 1. The molecule has 0 saturated carbocycles. The van der Waals surface area contributed by atoms with E-state index in [2.05, 4.69) is 36.3 Å². The second-order valence-electron chi connectivity index (χ2n) is 8.26. The summed E-state index contributed by atoms with van der Waals surface area (Å²) in [6.07, 6.45) is 2.36. The van der Waals surface area contributed by atoms with E-state index in [1.807, 2.05) is 19.1 Å². The van der Waals surface area contributed by atoms with Crippen molar-refractivity contribution < 1.29 is 14.3 Å². The Labute approximate surface area is 191 Å². The minimum absolute atomic E-state index is 0.151. The third kappa shape index (κ3) is 5.24. The molecule has 1 aromatic carbocycles. The average molecular weight is 456 g/mol. The van der Waals surface area contributed by atoms with Gasteiger partial charge < -0.3 is 10.1 Å². The van der Waals surface area contributed by atoms with Crippen molar-refractivity contribution in [3.63, 3.8) is 0 Å². The van der Waals surface area contributed by atoms with E-state index >= 15 is 0 Å². The van der Waals surface area contributed by atoms with Gasteiger partial charge in [0, 0.05) is 0 Å². The fraction of sp³-hybridized carbons (Fsp3) is 0.417. The molecule has 8 heteroatoms. The minimum atomic E-state index is -0.468. The molecule has 0 fully saturated rings. The minimum Gasteiger partial charge on any atom is -0.462 e. The molecule has 1 amide bonds. The van der Waals surface area contributed by atoms with Crippen molar-refractivity contribution in [3.05, 3.63) is 62.5 Å². The maximum atomic E-state index is 13.0. The Morgan fingerprint density at radius 2 is 1.88 bits per heavy atom. The van der Waals surface area contributed by atoms with Gasteiger partial charge in [-0.15, -0.1) is 11.3 Å². The second kappa shape index (κ2) is 10.1. The Morgan fingerprint density at radius 3 is 2.50 bits per heavy atom. The first-order chi connectivity index (χ1) is 15.2. The lowest BCUT2D eigenvalue weighted by atomic mass is 10.00. The first kappa shape index (κ1) is 23.7. The summed E-state index contributed by atoms with van der Waals surface area (Å²) in [5.41, 5.74) is 2.45. The number of nitrogens with one attached hydrogen (secondary N) is 1. The van der Waals surface area contributed by atoms with E-state index in [1.54, 1.807) is 13.8 Å². The van der Waals surface area contributed by atoms with Gasteiger partial charge in [-0.2, -0.15) is 0 Å². The number of nitrogens with zero attached hydrogens (tertiary/aromatic N) is 2. The van der Waals surface area contributed by atoms with Gasteiger partial charge in [0.05, 0.1) is 24.4 Å². The highest BCUT2D eigenvalue weighted by Gasteiger charge is 2.21. The predicted molar refractivity (Wildman–Crippen MR) is 126 cm³/mol. The Kier molecular flexibility index (Phi) is 7.45. The number of aromatic nitrogens is 2. The molecule has 3 aromatic rings. The summed E-state index contributed by atoms with van der Waals surface area (Å²) in [5, 5.41) is 3.29. The molecule has 7 nitrogen and oxygen atoms in total. The Bertz CT molecular complexity index is 1180. The van der Waals surface area contributed by atoms with Gasteiger partial charge in [0.15, 0.2) is 0 Å². The molecule has 170 valence electrons. The zero-order chi connectivity index (χ0) is 23.4. The van der Waals surface area contributed by atoms with E-state index in [4.69, 9.17) is 4.74 Å². The van der Waals surface area contributed by atoms with Crippen LogP contribution in [0.25, 0.3) is 10.2 Å². The fourth-order valence-corrected chi connectivity index (χ4v) is 4.64. The van der Waals surface area contributed by atoms with E-state index in [0.29, 0.717) is 26.6 Å². The molecule has 32 heavy (non-hydrogen) atoms. The van der Waals surface area contributed by atoms with E-state index in [9.17, 15) is 14.4 Å². The van der Waals surface area contributed by atoms with Gasteiger partial charge in [0.1, 0.15) is 16.3 Å². The normalized spacial score (nSPS) is 12.2. The van der Waals surface area contributed by atoms with Gasteiger partial charge >= 0.3 is 5.97 Å². The summed E-state index contributed by atoms with van der Waals surface area (Å²) in [6.45, 7) is 9.80.